The Balaban J connectivity index is 1.88. The number of benzene rings is 1. The van der Waals surface area contributed by atoms with Gasteiger partial charge >= 0.3 is 0 Å². The highest BCUT2D eigenvalue weighted by Crippen LogP contribution is 2.38. The molecule has 126 valence electrons. The Bertz CT molecular complexity index is 783. The number of hydrogen-bond donors (Lipinski definition) is 2. The summed E-state index contributed by atoms with van der Waals surface area (Å²) in [6.07, 6.45) is 4.00. The van der Waals surface area contributed by atoms with Crippen molar-refractivity contribution < 1.29 is 9.59 Å². The van der Waals surface area contributed by atoms with Gasteiger partial charge in [-0.25, -0.2) is 0 Å². The van der Waals surface area contributed by atoms with Gasteiger partial charge in [0.1, 0.15) is 5.00 Å². The van der Waals surface area contributed by atoms with E-state index in [0.717, 1.165) is 41.9 Å². The van der Waals surface area contributed by atoms with Crippen LogP contribution in [0.1, 0.15) is 50.9 Å². The minimum atomic E-state index is -0.458. The van der Waals surface area contributed by atoms with Crippen LogP contribution in [0.5, 0.6) is 0 Å². The summed E-state index contributed by atoms with van der Waals surface area (Å²) in [6.45, 7) is 2.08. The molecule has 2 amide bonds. The fourth-order valence-corrected chi connectivity index (χ4v) is 4.99. The van der Waals surface area contributed by atoms with Crippen molar-refractivity contribution in [1.29, 1.82) is 0 Å². The predicted octanol–water partition coefficient (Wildman–Crippen LogP) is 4.09. The number of nitrogens with one attached hydrogen (secondary N) is 1. The van der Waals surface area contributed by atoms with Crippen LogP contribution in [-0.2, 0) is 12.8 Å². The molecule has 24 heavy (non-hydrogen) atoms. The number of carbonyl (C=O) groups excluding carboxylic acids is 2. The fourth-order valence-electron chi connectivity index (χ4n) is 2.98. The number of primary amides is 1. The summed E-state index contributed by atoms with van der Waals surface area (Å²) in [4.78, 5) is 26.7. The number of hydrogen-bond acceptors (Lipinski definition) is 4. The normalized spacial score (nSPS) is 13.4. The SMILES string of the molecule is CCSc1cccc(C(=O)Nc2sc3c(c2C(N)=O)CCCC3)c1. The quantitative estimate of drug-likeness (QED) is 0.789. The third-order valence-electron chi connectivity index (χ3n) is 4.05. The number of fused-ring (bicyclic) bond motifs is 1. The first-order chi connectivity index (χ1) is 11.6. The lowest BCUT2D eigenvalue weighted by Gasteiger charge is -2.11. The van der Waals surface area contributed by atoms with Gasteiger partial charge in [0.15, 0.2) is 0 Å². The molecule has 0 bridgehead atoms. The molecule has 0 spiro atoms. The van der Waals surface area contributed by atoms with E-state index in [4.69, 9.17) is 5.73 Å². The van der Waals surface area contributed by atoms with Crippen LogP contribution in [0.25, 0.3) is 0 Å². The molecule has 1 aliphatic rings. The van der Waals surface area contributed by atoms with Gasteiger partial charge in [-0.3, -0.25) is 9.59 Å². The van der Waals surface area contributed by atoms with Crippen LogP contribution in [0.3, 0.4) is 0 Å². The first-order valence-corrected chi connectivity index (χ1v) is 9.89. The highest BCUT2D eigenvalue weighted by Gasteiger charge is 2.25. The molecule has 0 radical (unpaired) electrons. The van der Waals surface area contributed by atoms with E-state index in [1.165, 1.54) is 16.2 Å². The summed E-state index contributed by atoms with van der Waals surface area (Å²) in [5.41, 5.74) is 7.70. The van der Waals surface area contributed by atoms with Crippen LogP contribution in [-0.4, -0.2) is 17.6 Å². The van der Waals surface area contributed by atoms with E-state index in [-0.39, 0.29) is 5.91 Å². The van der Waals surface area contributed by atoms with Gasteiger partial charge in [0, 0.05) is 15.3 Å². The molecule has 0 aliphatic heterocycles. The Hall–Kier alpha value is -1.79. The van der Waals surface area contributed by atoms with Crippen molar-refractivity contribution in [1.82, 2.24) is 0 Å². The Morgan fingerprint density at radius 2 is 2.08 bits per heavy atom. The molecule has 1 aromatic heterocycles. The summed E-state index contributed by atoms with van der Waals surface area (Å²) in [5, 5.41) is 3.49. The van der Waals surface area contributed by atoms with Crippen molar-refractivity contribution in [3.63, 3.8) is 0 Å². The van der Waals surface area contributed by atoms with E-state index in [0.29, 0.717) is 16.1 Å². The molecule has 1 aliphatic carbocycles. The maximum atomic E-state index is 12.6. The third kappa shape index (κ3) is 3.49. The third-order valence-corrected chi connectivity index (χ3v) is 6.14. The number of thiophene rings is 1. The number of aryl methyl sites for hydroxylation is 1. The predicted molar refractivity (Wildman–Crippen MR) is 100 cm³/mol. The summed E-state index contributed by atoms with van der Waals surface area (Å²) in [6, 6.07) is 7.53. The minimum Gasteiger partial charge on any atom is -0.365 e. The lowest BCUT2D eigenvalue weighted by atomic mass is 9.95. The average Bonchev–Trinajstić information content (AvgIpc) is 2.93. The van der Waals surface area contributed by atoms with Gasteiger partial charge < -0.3 is 11.1 Å². The second-order valence-electron chi connectivity index (χ2n) is 5.69. The Morgan fingerprint density at radius 1 is 1.29 bits per heavy atom. The summed E-state index contributed by atoms with van der Waals surface area (Å²) in [5.74, 6) is 0.295. The number of thioether (sulfide) groups is 1. The number of amides is 2. The molecule has 1 heterocycles. The number of anilines is 1. The Labute approximate surface area is 149 Å². The molecule has 1 aromatic carbocycles. The first-order valence-electron chi connectivity index (χ1n) is 8.08. The first kappa shape index (κ1) is 17.0. The zero-order chi connectivity index (χ0) is 17.1. The molecule has 6 heteroatoms. The second kappa shape index (κ2) is 7.40. The van der Waals surface area contributed by atoms with E-state index in [2.05, 4.69) is 12.2 Å². The Morgan fingerprint density at radius 3 is 2.83 bits per heavy atom. The smallest absolute Gasteiger partial charge is 0.256 e. The Kier molecular flexibility index (Phi) is 5.26. The van der Waals surface area contributed by atoms with Gasteiger partial charge in [-0.1, -0.05) is 13.0 Å². The highest BCUT2D eigenvalue weighted by molar-refractivity contribution is 7.99. The van der Waals surface area contributed by atoms with Gasteiger partial charge in [-0.15, -0.1) is 23.1 Å². The molecular formula is C18H20N2O2S2. The van der Waals surface area contributed by atoms with E-state index in [1.807, 2.05) is 18.2 Å². The molecule has 0 fully saturated rings. The monoisotopic (exact) mass is 360 g/mol. The molecule has 4 nitrogen and oxygen atoms in total. The largest absolute Gasteiger partial charge is 0.365 e. The zero-order valence-corrected chi connectivity index (χ0v) is 15.2. The summed E-state index contributed by atoms with van der Waals surface area (Å²) in [7, 11) is 0. The van der Waals surface area contributed by atoms with Crippen LogP contribution >= 0.6 is 23.1 Å². The highest BCUT2D eigenvalue weighted by atomic mass is 32.2. The van der Waals surface area contributed by atoms with Crippen LogP contribution in [0.2, 0.25) is 0 Å². The van der Waals surface area contributed by atoms with Crippen molar-refractivity contribution in [2.24, 2.45) is 5.73 Å². The van der Waals surface area contributed by atoms with Crippen molar-refractivity contribution in [3.05, 3.63) is 45.8 Å². The fraction of sp³-hybridized carbons (Fsp3) is 0.333. The van der Waals surface area contributed by atoms with E-state index in [9.17, 15) is 9.59 Å². The van der Waals surface area contributed by atoms with Gasteiger partial charge in [0.05, 0.1) is 5.56 Å². The average molecular weight is 361 g/mol. The van der Waals surface area contributed by atoms with Crippen molar-refractivity contribution in [3.8, 4) is 0 Å². The van der Waals surface area contributed by atoms with Crippen molar-refractivity contribution in [2.45, 2.75) is 37.5 Å². The number of carbonyl (C=O) groups is 2. The second-order valence-corrected chi connectivity index (χ2v) is 8.14. The lowest BCUT2D eigenvalue weighted by Crippen LogP contribution is -2.18. The maximum Gasteiger partial charge on any atom is 0.256 e. The van der Waals surface area contributed by atoms with E-state index >= 15 is 0 Å². The molecular weight excluding hydrogens is 340 g/mol. The molecule has 2 aromatic rings. The van der Waals surface area contributed by atoms with Crippen LogP contribution in [0.15, 0.2) is 29.2 Å². The van der Waals surface area contributed by atoms with Gasteiger partial charge in [0.2, 0.25) is 0 Å². The van der Waals surface area contributed by atoms with Gasteiger partial charge in [-0.05, 0) is 55.2 Å². The molecule has 0 unspecified atom stereocenters. The molecule has 0 atom stereocenters. The maximum absolute atomic E-state index is 12.6. The summed E-state index contributed by atoms with van der Waals surface area (Å²) < 4.78 is 0. The van der Waals surface area contributed by atoms with E-state index < -0.39 is 5.91 Å². The number of nitrogens with two attached hydrogens (primary N) is 1. The standard InChI is InChI=1S/C18H20N2O2S2/c1-2-23-12-7-5-6-11(10-12)17(22)20-18-15(16(19)21)13-8-3-4-9-14(13)24-18/h5-7,10H,2-4,8-9H2,1H3,(H2,19,21)(H,20,22). The topological polar surface area (TPSA) is 72.2 Å². The van der Waals surface area contributed by atoms with Crippen molar-refractivity contribution in [2.75, 3.05) is 11.1 Å². The molecule has 0 saturated heterocycles. The summed E-state index contributed by atoms with van der Waals surface area (Å²) >= 11 is 3.18. The molecule has 3 N–H and O–H groups in total. The molecule has 0 saturated carbocycles. The molecule has 3 rings (SSSR count). The minimum absolute atomic E-state index is 0.199. The van der Waals surface area contributed by atoms with E-state index in [1.54, 1.807) is 17.8 Å². The van der Waals surface area contributed by atoms with Crippen molar-refractivity contribution >= 4 is 39.9 Å². The van der Waals surface area contributed by atoms with Crippen LogP contribution in [0, 0.1) is 0 Å². The van der Waals surface area contributed by atoms with Crippen LogP contribution < -0.4 is 11.1 Å². The zero-order valence-electron chi connectivity index (χ0n) is 13.6. The van der Waals surface area contributed by atoms with Crippen LogP contribution in [0.4, 0.5) is 5.00 Å². The lowest BCUT2D eigenvalue weighted by molar-refractivity contribution is 0.100. The number of rotatable bonds is 5. The van der Waals surface area contributed by atoms with Gasteiger partial charge in [0.25, 0.3) is 11.8 Å². The van der Waals surface area contributed by atoms with Gasteiger partial charge in [-0.2, -0.15) is 0 Å².